The minimum Gasteiger partial charge on any atom is -0.466 e. The molecule has 1 amide bonds. The molecule has 0 bridgehead atoms. The van der Waals surface area contributed by atoms with Crippen LogP contribution in [0.25, 0.3) is 0 Å². The van der Waals surface area contributed by atoms with Crippen molar-refractivity contribution in [2.45, 2.75) is 13.3 Å². The van der Waals surface area contributed by atoms with E-state index in [4.69, 9.17) is 0 Å². The second kappa shape index (κ2) is 7.87. The number of amides is 1. The van der Waals surface area contributed by atoms with Gasteiger partial charge in [0.15, 0.2) is 0 Å². The van der Waals surface area contributed by atoms with Gasteiger partial charge in [-0.1, -0.05) is 0 Å². The summed E-state index contributed by atoms with van der Waals surface area (Å²) in [7, 11) is 2.44. The Morgan fingerprint density at radius 3 is 2.48 bits per heavy atom. The highest BCUT2D eigenvalue weighted by molar-refractivity contribution is 6.04. The van der Waals surface area contributed by atoms with E-state index in [0.29, 0.717) is 0 Å². The molecule has 23 heavy (non-hydrogen) atoms. The quantitative estimate of drug-likeness (QED) is 0.335. The SMILES string of the molecule is CCOC(=O)CC(=O)N(C)c1ccc(C(=O)OC)cc1[N+](=O)[O-]. The van der Waals surface area contributed by atoms with Crippen LogP contribution in [0.2, 0.25) is 0 Å². The molecule has 0 heterocycles. The molecule has 1 aromatic rings. The lowest BCUT2D eigenvalue weighted by atomic mass is 10.1. The normalized spacial score (nSPS) is 9.87. The highest BCUT2D eigenvalue weighted by atomic mass is 16.6. The van der Waals surface area contributed by atoms with Crippen molar-refractivity contribution >= 4 is 29.2 Å². The Morgan fingerprint density at radius 2 is 1.96 bits per heavy atom. The smallest absolute Gasteiger partial charge is 0.338 e. The van der Waals surface area contributed by atoms with Crippen LogP contribution in [0.3, 0.4) is 0 Å². The maximum absolute atomic E-state index is 12.0. The van der Waals surface area contributed by atoms with Gasteiger partial charge in [0, 0.05) is 13.1 Å². The Hall–Kier alpha value is -2.97. The molecular formula is C14H16N2O7. The largest absolute Gasteiger partial charge is 0.466 e. The summed E-state index contributed by atoms with van der Waals surface area (Å²) in [6.45, 7) is 1.73. The van der Waals surface area contributed by atoms with Gasteiger partial charge in [0.1, 0.15) is 12.1 Å². The predicted molar refractivity (Wildman–Crippen MR) is 79.1 cm³/mol. The number of methoxy groups -OCH3 is 1. The zero-order chi connectivity index (χ0) is 17.6. The number of carbonyl (C=O) groups is 3. The van der Waals surface area contributed by atoms with Gasteiger partial charge in [-0.25, -0.2) is 4.79 Å². The Bertz CT molecular complexity index is 642. The number of hydrogen-bond donors (Lipinski definition) is 0. The number of nitro benzene ring substituents is 1. The molecule has 0 spiro atoms. The zero-order valence-electron chi connectivity index (χ0n) is 12.9. The lowest BCUT2D eigenvalue weighted by Crippen LogP contribution is -2.29. The van der Waals surface area contributed by atoms with Gasteiger partial charge in [0.25, 0.3) is 5.69 Å². The monoisotopic (exact) mass is 324 g/mol. The van der Waals surface area contributed by atoms with Gasteiger partial charge >= 0.3 is 11.9 Å². The van der Waals surface area contributed by atoms with Crippen molar-refractivity contribution in [3.8, 4) is 0 Å². The minimum absolute atomic E-state index is 0.0193. The third-order valence-electron chi connectivity index (χ3n) is 2.93. The Morgan fingerprint density at radius 1 is 1.30 bits per heavy atom. The summed E-state index contributed by atoms with van der Waals surface area (Å²) in [5.41, 5.74) is -0.515. The van der Waals surface area contributed by atoms with Gasteiger partial charge < -0.3 is 14.4 Å². The van der Waals surface area contributed by atoms with E-state index in [1.807, 2.05) is 0 Å². The van der Waals surface area contributed by atoms with Crippen LogP contribution in [0.15, 0.2) is 18.2 Å². The number of rotatable bonds is 6. The topological polar surface area (TPSA) is 116 Å². The Kier molecular flexibility index (Phi) is 6.19. The highest BCUT2D eigenvalue weighted by Crippen LogP contribution is 2.29. The first-order valence-corrected chi connectivity index (χ1v) is 6.60. The van der Waals surface area contributed by atoms with Crippen molar-refractivity contribution < 1.29 is 28.8 Å². The van der Waals surface area contributed by atoms with Crippen LogP contribution in [0.4, 0.5) is 11.4 Å². The van der Waals surface area contributed by atoms with E-state index < -0.39 is 34.9 Å². The lowest BCUT2D eigenvalue weighted by Gasteiger charge is -2.17. The molecule has 0 saturated carbocycles. The average Bonchev–Trinajstić information content (AvgIpc) is 2.52. The molecule has 0 radical (unpaired) electrons. The molecule has 124 valence electrons. The number of nitrogens with zero attached hydrogens (tertiary/aromatic N) is 2. The zero-order valence-corrected chi connectivity index (χ0v) is 12.9. The average molecular weight is 324 g/mol. The number of esters is 2. The molecule has 0 unspecified atom stereocenters. The second-order valence-electron chi connectivity index (χ2n) is 4.39. The molecule has 1 rings (SSSR count). The standard InChI is InChI=1S/C14H16N2O7/c1-4-23-13(18)8-12(17)15(2)10-6-5-9(14(19)22-3)7-11(10)16(20)21/h5-7H,4,8H2,1-3H3. The molecule has 0 N–H and O–H groups in total. The molecule has 0 aliphatic carbocycles. The van der Waals surface area contributed by atoms with E-state index in [1.165, 1.54) is 19.2 Å². The van der Waals surface area contributed by atoms with E-state index >= 15 is 0 Å². The van der Waals surface area contributed by atoms with Gasteiger partial charge in [-0.15, -0.1) is 0 Å². The summed E-state index contributed by atoms with van der Waals surface area (Å²) in [6, 6.07) is 3.55. The summed E-state index contributed by atoms with van der Waals surface area (Å²) in [4.78, 5) is 46.2. The van der Waals surface area contributed by atoms with Crippen molar-refractivity contribution in [2.24, 2.45) is 0 Å². The molecule has 0 atom stereocenters. The van der Waals surface area contributed by atoms with Gasteiger partial charge in [-0.2, -0.15) is 0 Å². The van der Waals surface area contributed by atoms with Crippen LogP contribution in [-0.2, 0) is 19.1 Å². The van der Waals surface area contributed by atoms with Crippen LogP contribution in [0, 0.1) is 10.1 Å². The van der Waals surface area contributed by atoms with Gasteiger partial charge in [0.05, 0.1) is 24.2 Å². The number of nitro groups is 1. The van der Waals surface area contributed by atoms with Crippen molar-refractivity contribution in [3.63, 3.8) is 0 Å². The first-order chi connectivity index (χ1) is 10.8. The molecule has 9 nitrogen and oxygen atoms in total. The molecule has 9 heteroatoms. The van der Waals surface area contributed by atoms with Gasteiger partial charge in [-0.05, 0) is 19.1 Å². The third kappa shape index (κ3) is 4.50. The predicted octanol–water partition coefficient (Wildman–Crippen LogP) is 1.30. The Labute approximate surface area is 131 Å². The molecule has 0 aliphatic rings. The molecular weight excluding hydrogens is 308 g/mol. The van der Waals surface area contributed by atoms with Crippen molar-refractivity contribution in [2.75, 3.05) is 25.7 Å². The maximum atomic E-state index is 12.0. The van der Waals surface area contributed by atoms with E-state index in [-0.39, 0.29) is 17.9 Å². The van der Waals surface area contributed by atoms with Gasteiger partial charge in [-0.3, -0.25) is 19.7 Å². The number of ether oxygens (including phenoxy) is 2. The van der Waals surface area contributed by atoms with Crippen molar-refractivity contribution in [3.05, 3.63) is 33.9 Å². The van der Waals surface area contributed by atoms with Crippen LogP contribution in [0.5, 0.6) is 0 Å². The van der Waals surface area contributed by atoms with Crippen molar-refractivity contribution in [1.29, 1.82) is 0 Å². The molecule has 0 aromatic heterocycles. The summed E-state index contributed by atoms with van der Waals surface area (Å²) in [5, 5.41) is 11.2. The van der Waals surface area contributed by atoms with E-state index in [9.17, 15) is 24.5 Å². The Balaban J connectivity index is 3.10. The fourth-order valence-electron chi connectivity index (χ4n) is 1.79. The number of carbonyl (C=O) groups excluding carboxylic acids is 3. The number of hydrogen-bond acceptors (Lipinski definition) is 7. The summed E-state index contributed by atoms with van der Waals surface area (Å²) < 4.78 is 9.15. The number of anilines is 1. The van der Waals surface area contributed by atoms with Gasteiger partial charge in [0.2, 0.25) is 5.91 Å². The molecule has 0 fully saturated rings. The van der Waals surface area contributed by atoms with E-state index in [0.717, 1.165) is 18.1 Å². The van der Waals surface area contributed by atoms with Crippen LogP contribution < -0.4 is 4.90 Å². The molecule has 0 aliphatic heterocycles. The summed E-state index contributed by atoms with van der Waals surface area (Å²) in [6.07, 6.45) is -0.541. The molecule has 0 saturated heterocycles. The van der Waals surface area contributed by atoms with E-state index in [2.05, 4.69) is 9.47 Å². The second-order valence-corrected chi connectivity index (χ2v) is 4.39. The van der Waals surface area contributed by atoms with E-state index in [1.54, 1.807) is 6.92 Å². The minimum atomic E-state index is -0.736. The van der Waals surface area contributed by atoms with Crippen LogP contribution >= 0.6 is 0 Å². The van der Waals surface area contributed by atoms with Crippen molar-refractivity contribution in [1.82, 2.24) is 0 Å². The lowest BCUT2D eigenvalue weighted by molar-refractivity contribution is -0.384. The first-order valence-electron chi connectivity index (χ1n) is 6.60. The molecule has 1 aromatic carbocycles. The maximum Gasteiger partial charge on any atom is 0.338 e. The third-order valence-corrected chi connectivity index (χ3v) is 2.93. The number of benzene rings is 1. The fourth-order valence-corrected chi connectivity index (χ4v) is 1.79. The van der Waals surface area contributed by atoms with Crippen LogP contribution in [0.1, 0.15) is 23.7 Å². The van der Waals surface area contributed by atoms with Crippen LogP contribution in [-0.4, -0.2) is 43.5 Å². The fraction of sp³-hybridized carbons (Fsp3) is 0.357. The highest BCUT2D eigenvalue weighted by Gasteiger charge is 2.25. The summed E-state index contributed by atoms with van der Waals surface area (Å²) in [5.74, 6) is -2.13. The first kappa shape index (κ1) is 18.1. The summed E-state index contributed by atoms with van der Waals surface area (Å²) >= 11 is 0.